The lowest BCUT2D eigenvalue weighted by molar-refractivity contribution is 0.0371. The van der Waals surface area contributed by atoms with Gasteiger partial charge in [0.05, 0.1) is 0 Å². The molecule has 1 aliphatic heterocycles. The number of nitrogens with two attached hydrogens (primary N) is 1. The molecule has 3 aliphatic rings. The Kier molecular flexibility index (Phi) is 2.97. The van der Waals surface area contributed by atoms with Gasteiger partial charge in [0.15, 0.2) is 0 Å². The van der Waals surface area contributed by atoms with Crippen LogP contribution in [0.3, 0.4) is 0 Å². The molecule has 1 saturated heterocycles. The Bertz CT molecular complexity index is 265. The molecule has 0 aromatic carbocycles. The van der Waals surface area contributed by atoms with Crippen LogP contribution in [0.25, 0.3) is 0 Å². The number of likely N-dealkylation sites (N-methyl/N-ethyl adjacent to an activating group) is 1. The van der Waals surface area contributed by atoms with Crippen LogP contribution in [0.1, 0.15) is 32.1 Å². The maximum Gasteiger partial charge on any atom is 0.0362 e. The van der Waals surface area contributed by atoms with Crippen molar-refractivity contribution in [3.63, 3.8) is 0 Å². The summed E-state index contributed by atoms with van der Waals surface area (Å²) < 4.78 is 0. The second kappa shape index (κ2) is 4.18. The van der Waals surface area contributed by atoms with Gasteiger partial charge in [0.25, 0.3) is 0 Å². The quantitative estimate of drug-likeness (QED) is 0.817. The summed E-state index contributed by atoms with van der Waals surface area (Å²) in [6.45, 7) is 0.881. The van der Waals surface area contributed by atoms with Crippen molar-refractivity contribution in [1.82, 2.24) is 4.90 Å². The average molecular weight is 240 g/mol. The third-order valence-electron chi connectivity index (χ3n) is 5.45. The Morgan fingerprint density at radius 1 is 1.38 bits per heavy atom. The van der Waals surface area contributed by atoms with Gasteiger partial charge in [-0.15, -0.1) is 0 Å². The number of hydrogen-bond acceptors (Lipinski definition) is 3. The van der Waals surface area contributed by atoms with Crippen LogP contribution in [0.4, 0.5) is 0 Å². The van der Waals surface area contributed by atoms with Crippen molar-refractivity contribution in [3.8, 4) is 0 Å². The van der Waals surface area contributed by atoms with Crippen molar-refractivity contribution in [2.24, 2.45) is 17.6 Å². The Hall–Kier alpha value is 0.270. The van der Waals surface area contributed by atoms with E-state index in [2.05, 4.69) is 23.7 Å². The highest BCUT2D eigenvalue weighted by Gasteiger charge is 2.53. The molecule has 0 aromatic heterocycles. The molecule has 2 bridgehead atoms. The smallest absolute Gasteiger partial charge is 0.0362 e. The van der Waals surface area contributed by atoms with E-state index in [0.29, 0.717) is 5.54 Å². The van der Waals surface area contributed by atoms with Gasteiger partial charge >= 0.3 is 0 Å². The summed E-state index contributed by atoms with van der Waals surface area (Å²) in [6, 6.07) is 0.799. The van der Waals surface area contributed by atoms with Crippen LogP contribution in [0.2, 0.25) is 0 Å². The van der Waals surface area contributed by atoms with Crippen molar-refractivity contribution in [3.05, 3.63) is 0 Å². The van der Waals surface area contributed by atoms with Gasteiger partial charge in [0.2, 0.25) is 0 Å². The van der Waals surface area contributed by atoms with E-state index in [0.717, 1.165) is 24.4 Å². The molecule has 0 radical (unpaired) electrons. The summed E-state index contributed by atoms with van der Waals surface area (Å²) in [4.78, 5) is 2.69. The number of rotatable bonds is 3. The van der Waals surface area contributed by atoms with E-state index in [-0.39, 0.29) is 0 Å². The molecule has 0 amide bonds. The molecule has 0 aromatic rings. The average Bonchev–Trinajstić information content (AvgIpc) is 3.03. The zero-order valence-electron chi connectivity index (χ0n) is 10.3. The first-order chi connectivity index (χ1) is 7.76. The number of thioether (sulfide) groups is 1. The lowest BCUT2D eigenvalue weighted by atomic mass is 9.79. The fourth-order valence-electron chi connectivity index (χ4n) is 4.43. The van der Waals surface area contributed by atoms with E-state index in [1.165, 1.54) is 43.6 Å². The minimum absolute atomic E-state index is 0.373. The molecule has 1 heterocycles. The fraction of sp³-hybridized carbons (Fsp3) is 1.00. The summed E-state index contributed by atoms with van der Waals surface area (Å²) in [5.74, 6) is 4.57. The van der Waals surface area contributed by atoms with Gasteiger partial charge in [-0.1, -0.05) is 6.42 Å². The van der Waals surface area contributed by atoms with Gasteiger partial charge in [-0.2, -0.15) is 11.8 Å². The first kappa shape index (κ1) is 11.4. The van der Waals surface area contributed by atoms with Crippen LogP contribution in [-0.2, 0) is 0 Å². The van der Waals surface area contributed by atoms with Gasteiger partial charge in [0, 0.05) is 23.9 Å². The monoisotopic (exact) mass is 240 g/mol. The van der Waals surface area contributed by atoms with Crippen LogP contribution in [0.5, 0.6) is 0 Å². The molecule has 3 heteroatoms. The van der Waals surface area contributed by atoms with E-state index in [9.17, 15) is 0 Å². The van der Waals surface area contributed by atoms with Gasteiger partial charge < -0.3 is 5.73 Å². The lowest BCUT2D eigenvalue weighted by Gasteiger charge is -2.47. The third-order valence-corrected chi connectivity index (χ3v) is 6.60. The molecule has 2 saturated carbocycles. The van der Waals surface area contributed by atoms with E-state index >= 15 is 0 Å². The number of nitrogens with zero attached hydrogens (tertiary/aromatic N) is 1. The second-order valence-corrected chi connectivity index (χ2v) is 7.17. The minimum Gasteiger partial charge on any atom is -0.329 e. The molecule has 0 spiro atoms. The Morgan fingerprint density at radius 3 is 2.75 bits per heavy atom. The van der Waals surface area contributed by atoms with Crippen molar-refractivity contribution in [2.45, 2.75) is 43.7 Å². The highest BCUT2D eigenvalue weighted by molar-refractivity contribution is 7.99. The zero-order valence-corrected chi connectivity index (χ0v) is 11.1. The molecule has 2 aliphatic carbocycles. The van der Waals surface area contributed by atoms with Crippen LogP contribution in [-0.4, -0.2) is 41.6 Å². The molecular formula is C13H24N2S. The molecule has 92 valence electrons. The van der Waals surface area contributed by atoms with Crippen LogP contribution in [0, 0.1) is 11.8 Å². The normalized spacial score (nSPS) is 47.1. The highest BCUT2D eigenvalue weighted by atomic mass is 32.2. The maximum absolute atomic E-state index is 6.18. The highest BCUT2D eigenvalue weighted by Crippen LogP contribution is 2.53. The standard InChI is InChI=1S/C13H24N2S/c1-15(12-4-5-16-8-12)13(9-14)7-10-2-3-11(13)6-10/h10-12H,2-9,14H2,1H3. The minimum atomic E-state index is 0.373. The first-order valence-electron chi connectivity index (χ1n) is 6.77. The third kappa shape index (κ3) is 1.55. The fourth-order valence-corrected chi connectivity index (χ4v) is 5.70. The van der Waals surface area contributed by atoms with Gasteiger partial charge in [-0.25, -0.2) is 0 Å². The Morgan fingerprint density at radius 2 is 2.25 bits per heavy atom. The van der Waals surface area contributed by atoms with Gasteiger partial charge in [-0.3, -0.25) is 4.90 Å². The van der Waals surface area contributed by atoms with Crippen molar-refractivity contribution < 1.29 is 0 Å². The molecule has 16 heavy (non-hydrogen) atoms. The van der Waals surface area contributed by atoms with E-state index in [1.54, 1.807) is 0 Å². The van der Waals surface area contributed by atoms with Crippen molar-refractivity contribution in [1.29, 1.82) is 0 Å². The largest absolute Gasteiger partial charge is 0.329 e. The summed E-state index contributed by atoms with van der Waals surface area (Å²) in [6.07, 6.45) is 7.12. The van der Waals surface area contributed by atoms with Gasteiger partial charge in [0.1, 0.15) is 0 Å². The molecule has 4 unspecified atom stereocenters. The topological polar surface area (TPSA) is 29.3 Å². The van der Waals surface area contributed by atoms with E-state index in [4.69, 9.17) is 5.73 Å². The Balaban J connectivity index is 1.79. The van der Waals surface area contributed by atoms with Crippen molar-refractivity contribution >= 4 is 11.8 Å². The predicted molar refractivity (Wildman–Crippen MR) is 70.7 cm³/mol. The molecule has 2 N–H and O–H groups in total. The van der Waals surface area contributed by atoms with E-state index < -0.39 is 0 Å². The number of hydrogen-bond donors (Lipinski definition) is 1. The number of fused-ring (bicyclic) bond motifs is 2. The lowest BCUT2D eigenvalue weighted by Crippen LogP contribution is -2.59. The maximum atomic E-state index is 6.18. The first-order valence-corrected chi connectivity index (χ1v) is 7.92. The van der Waals surface area contributed by atoms with Crippen LogP contribution < -0.4 is 5.73 Å². The molecule has 3 rings (SSSR count). The molecular weight excluding hydrogens is 216 g/mol. The predicted octanol–water partition coefficient (Wildman–Crippen LogP) is 1.94. The van der Waals surface area contributed by atoms with Crippen LogP contribution >= 0.6 is 11.8 Å². The molecule has 4 atom stereocenters. The second-order valence-electron chi connectivity index (χ2n) is 6.02. The summed E-state index contributed by atoms with van der Waals surface area (Å²) in [7, 11) is 2.35. The van der Waals surface area contributed by atoms with Gasteiger partial charge in [-0.05, 0) is 50.3 Å². The van der Waals surface area contributed by atoms with Crippen LogP contribution in [0.15, 0.2) is 0 Å². The molecule has 3 fully saturated rings. The molecule has 2 nitrogen and oxygen atoms in total. The van der Waals surface area contributed by atoms with E-state index in [1.807, 2.05) is 0 Å². The Labute approximate surface area is 103 Å². The van der Waals surface area contributed by atoms with Crippen molar-refractivity contribution in [2.75, 3.05) is 25.1 Å². The summed E-state index contributed by atoms with van der Waals surface area (Å²) in [5.41, 5.74) is 6.55. The summed E-state index contributed by atoms with van der Waals surface area (Å²) in [5, 5.41) is 0. The SMILES string of the molecule is CN(C1CCSC1)C1(CN)CC2CCC1C2. The zero-order chi connectivity index (χ0) is 11.2. The summed E-state index contributed by atoms with van der Waals surface area (Å²) >= 11 is 2.12.